The van der Waals surface area contributed by atoms with Crippen molar-refractivity contribution in [2.24, 2.45) is 10.2 Å². The van der Waals surface area contributed by atoms with Crippen molar-refractivity contribution >= 4 is 33.0 Å². The number of hydrogen-bond donors (Lipinski definition) is 2. The third-order valence-corrected chi connectivity index (χ3v) is 5.84. The number of nitro groups is 1. The van der Waals surface area contributed by atoms with Gasteiger partial charge in [0.15, 0.2) is 6.61 Å². The third-order valence-electron chi connectivity index (χ3n) is 4.93. The summed E-state index contributed by atoms with van der Waals surface area (Å²) in [5.41, 5.74) is 3.37. The van der Waals surface area contributed by atoms with Crippen LogP contribution >= 0.6 is 0 Å². The fraction of sp³-hybridized carbons (Fsp3) is 0.300. The van der Waals surface area contributed by atoms with E-state index in [9.17, 15) is 23.3 Å². The molecule has 0 aromatic heterocycles. The third kappa shape index (κ3) is 5.80. The molecule has 1 heterocycles. The average Bonchev–Trinajstić information content (AvgIpc) is 3.30. The van der Waals surface area contributed by atoms with E-state index in [0.717, 1.165) is 43.6 Å². The number of sulfonamides is 1. The SMILES string of the molecule is CC(=NNc1ccc(S(N)(=O)=O)cc1[N+](=O)[O-])c1ccc(OCC(=O)N2CCCC2)cc1. The van der Waals surface area contributed by atoms with Crippen LogP contribution in [0.3, 0.4) is 0 Å². The summed E-state index contributed by atoms with van der Waals surface area (Å²) in [5.74, 6) is 0.500. The summed E-state index contributed by atoms with van der Waals surface area (Å²) in [4.78, 5) is 24.0. The van der Waals surface area contributed by atoms with Gasteiger partial charge in [0.1, 0.15) is 11.4 Å². The van der Waals surface area contributed by atoms with Crippen molar-refractivity contribution in [1.82, 2.24) is 4.90 Å². The number of nitro benzene ring substituents is 1. The van der Waals surface area contributed by atoms with Gasteiger partial charge in [-0.15, -0.1) is 0 Å². The first-order chi connectivity index (χ1) is 15.1. The maximum absolute atomic E-state index is 12.1. The predicted molar refractivity (Wildman–Crippen MR) is 118 cm³/mol. The number of rotatable bonds is 8. The zero-order valence-electron chi connectivity index (χ0n) is 17.4. The maximum atomic E-state index is 12.1. The predicted octanol–water partition coefficient (Wildman–Crippen LogP) is 2.08. The average molecular weight is 462 g/mol. The highest BCUT2D eigenvalue weighted by Crippen LogP contribution is 2.27. The number of nitrogens with zero attached hydrogens (tertiary/aromatic N) is 3. The monoisotopic (exact) mass is 461 g/mol. The molecule has 0 spiro atoms. The fourth-order valence-electron chi connectivity index (χ4n) is 3.14. The minimum absolute atomic E-state index is 0.0159. The van der Waals surface area contributed by atoms with E-state index < -0.39 is 20.6 Å². The molecule has 32 heavy (non-hydrogen) atoms. The minimum atomic E-state index is -4.07. The fourth-order valence-corrected chi connectivity index (χ4v) is 3.67. The minimum Gasteiger partial charge on any atom is -0.484 e. The first kappa shape index (κ1) is 23.2. The molecule has 0 saturated carbocycles. The van der Waals surface area contributed by atoms with E-state index >= 15 is 0 Å². The van der Waals surface area contributed by atoms with Gasteiger partial charge in [-0.25, -0.2) is 13.6 Å². The first-order valence-corrected chi connectivity index (χ1v) is 11.3. The molecule has 12 heteroatoms. The summed E-state index contributed by atoms with van der Waals surface area (Å²) < 4.78 is 28.4. The lowest BCUT2D eigenvalue weighted by atomic mass is 10.1. The Morgan fingerprint density at radius 2 is 1.88 bits per heavy atom. The molecule has 1 aliphatic rings. The molecule has 170 valence electrons. The molecule has 11 nitrogen and oxygen atoms in total. The number of hydrazone groups is 1. The van der Waals surface area contributed by atoms with Gasteiger partial charge in [0.25, 0.3) is 11.6 Å². The normalized spacial score (nSPS) is 14.3. The molecule has 2 aromatic carbocycles. The number of benzene rings is 2. The molecule has 1 fully saturated rings. The van der Waals surface area contributed by atoms with E-state index in [2.05, 4.69) is 10.5 Å². The number of nitrogens with one attached hydrogen (secondary N) is 1. The smallest absolute Gasteiger partial charge is 0.295 e. The van der Waals surface area contributed by atoms with Crippen molar-refractivity contribution in [1.29, 1.82) is 0 Å². The molecule has 0 bridgehead atoms. The number of likely N-dealkylation sites (tertiary alicyclic amines) is 1. The highest BCUT2D eigenvalue weighted by molar-refractivity contribution is 7.89. The van der Waals surface area contributed by atoms with E-state index in [0.29, 0.717) is 11.5 Å². The quantitative estimate of drug-likeness (QED) is 0.346. The number of amides is 1. The van der Waals surface area contributed by atoms with E-state index in [1.165, 1.54) is 6.07 Å². The Morgan fingerprint density at radius 3 is 2.47 bits per heavy atom. The van der Waals surface area contributed by atoms with Gasteiger partial charge in [0.05, 0.1) is 15.5 Å². The van der Waals surface area contributed by atoms with Crippen LogP contribution < -0.4 is 15.3 Å². The Hall–Kier alpha value is -3.51. The van der Waals surface area contributed by atoms with Gasteiger partial charge in [-0.3, -0.25) is 20.3 Å². The lowest BCUT2D eigenvalue weighted by Gasteiger charge is -2.15. The van der Waals surface area contributed by atoms with Crippen LogP contribution in [0.4, 0.5) is 11.4 Å². The highest BCUT2D eigenvalue weighted by atomic mass is 32.2. The molecule has 0 unspecified atom stereocenters. The van der Waals surface area contributed by atoms with Crippen LogP contribution in [0.5, 0.6) is 5.75 Å². The number of primary sulfonamides is 1. The number of carbonyl (C=O) groups excluding carboxylic acids is 1. The molecule has 1 amide bonds. The largest absolute Gasteiger partial charge is 0.484 e. The lowest BCUT2D eigenvalue weighted by Crippen LogP contribution is -2.32. The lowest BCUT2D eigenvalue weighted by molar-refractivity contribution is -0.384. The molecule has 1 aliphatic heterocycles. The second-order valence-corrected chi connectivity index (χ2v) is 8.75. The molecule has 1 saturated heterocycles. The Kier molecular flexibility index (Phi) is 7.05. The molecule has 0 aliphatic carbocycles. The topological polar surface area (TPSA) is 157 Å². The second kappa shape index (κ2) is 9.75. The van der Waals surface area contributed by atoms with E-state index in [1.54, 1.807) is 36.1 Å². The summed E-state index contributed by atoms with van der Waals surface area (Å²) in [7, 11) is -4.07. The second-order valence-electron chi connectivity index (χ2n) is 7.19. The van der Waals surface area contributed by atoms with Crippen molar-refractivity contribution in [3.8, 4) is 5.75 Å². The van der Waals surface area contributed by atoms with Gasteiger partial charge in [-0.05, 0) is 61.7 Å². The van der Waals surface area contributed by atoms with E-state index in [1.807, 2.05) is 0 Å². The highest BCUT2D eigenvalue weighted by Gasteiger charge is 2.19. The number of carbonyl (C=O) groups is 1. The zero-order chi connectivity index (χ0) is 23.3. The van der Waals surface area contributed by atoms with Gasteiger partial charge in [-0.2, -0.15) is 5.10 Å². The molecule has 0 radical (unpaired) electrons. The van der Waals surface area contributed by atoms with Crippen molar-refractivity contribution in [2.75, 3.05) is 25.1 Å². The summed E-state index contributed by atoms with van der Waals surface area (Å²) in [6.07, 6.45) is 2.04. The van der Waals surface area contributed by atoms with Gasteiger partial charge >= 0.3 is 0 Å². The number of anilines is 1. The standard InChI is InChI=1S/C20H23N5O6S/c1-14(22-23-18-9-8-17(32(21,29)30)12-19(18)25(27)28)15-4-6-16(7-5-15)31-13-20(26)24-10-2-3-11-24/h4-9,12,23H,2-3,10-11,13H2,1H3,(H2,21,29,30). The molecule has 0 atom stereocenters. The van der Waals surface area contributed by atoms with Crippen LogP contribution in [0.15, 0.2) is 52.5 Å². The Balaban J connectivity index is 1.66. The number of ether oxygens (including phenoxy) is 1. The summed E-state index contributed by atoms with van der Waals surface area (Å²) in [6.45, 7) is 3.22. The van der Waals surface area contributed by atoms with Crippen molar-refractivity contribution in [3.05, 3.63) is 58.1 Å². The first-order valence-electron chi connectivity index (χ1n) is 9.78. The van der Waals surface area contributed by atoms with Crippen molar-refractivity contribution in [3.63, 3.8) is 0 Å². The van der Waals surface area contributed by atoms with Crippen molar-refractivity contribution in [2.45, 2.75) is 24.7 Å². The number of hydrogen-bond acceptors (Lipinski definition) is 8. The van der Waals surface area contributed by atoms with E-state index in [4.69, 9.17) is 9.88 Å². The molecular weight excluding hydrogens is 438 g/mol. The van der Waals surface area contributed by atoms with Gasteiger partial charge < -0.3 is 9.64 Å². The molecular formula is C20H23N5O6S. The summed E-state index contributed by atoms with van der Waals surface area (Å²) in [6, 6.07) is 10.2. The van der Waals surface area contributed by atoms with Gasteiger partial charge in [0, 0.05) is 19.2 Å². The number of nitrogens with two attached hydrogens (primary N) is 1. The van der Waals surface area contributed by atoms with Crippen LogP contribution in [0, 0.1) is 10.1 Å². The van der Waals surface area contributed by atoms with Crippen LogP contribution in [0.2, 0.25) is 0 Å². The summed E-state index contributed by atoms with van der Waals surface area (Å²) in [5, 5.41) is 20.4. The van der Waals surface area contributed by atoms with Crippen LogP contribution in [-0.2, 0) is 14.8 Å². The Morgan fingerprint density at radius 1 is 1.22 bits per heavy atom. The van der Waals surface area contributed by atoms with Crippen LogP contribution in [0.1, 0.15) is 25.3 Å². The Labute approximate surface area is 185 Å². The molecule has 2 aromatic rings. The van der Waals surface area contributed by atoms with Crippen LogP contribution in [-0.4, -0.2) is 49.6 Å². The maximum Gasteiger partial charge on any atom is 0.295 e. The van der Waals surface area contributed by atoms with Crippen molar-refractivity contribution < 1.29 is 22.9 Å². The zero-order valence-corrected chi connectivity index (χ0v) is 18.2. The van der Waals surface area contributed by atoms with Gasteiger partial charge in [-0.1, -0.05) is 0 Å². The van der Waals surface area contributed by atoms with E-state index in [-0.39, 0.29) is 23.1 Å². The summed E-state index contributed by atoms with van der Waals surface area (Å²) >= 11 is 0. The Bertz CT molecular complexity index is 1140. The van der Waals surface area contributed by atoms with Gasteiger partial charge in [0.2, 0.25) is 10.0 Å². The van der Waals surface area contributed by atoms with Crippen LogP contribution in [0.25, 0.3) is 0 Å². The molecule has 3 rings (SSSR count). The molecule has 3 N–H and O–H groups in total.